The molecule has 46 heavy (non-hydrogen) atoms. The number of nitrogens with zero attached hydrogens (tertiary/aromatic N) is 2. The molecule has 0 saturated heterocycles. The fourth-order valence-corrected chi connectivity index (χ4v) is 5.38. The van der Waals surface area contributed by atoms with Gasteiger partial charge in [-0.05, 0) is 107 Å². The molecule has 2 atom stereocenters. The maximum Gasteiger partial charge on any atom is 0.183 e. The van der Waals surface area contributed by atoms with Gasteiger partial charge in [0.1, 0.15) is 11.6 Å². The predicted molar refractivity (Wildman–Crippen MR) is 192 cm³/mol. The zero-order valence-electron chi connectivity index (χ0n) is 27.1. The number of hydrogen-bond donors (Lipinski definition) is 0. The number of alkyl halides is 1. The average Bonchev–Trinajstić information content (AvgIpc) is 3.05. The number of benzene rings is 4. The van der Waals surface area contributed by atoms with Gasteiger partial charge in [0.25, 0.3) is 0 Å². The van der Waals surface area contributed by atoms with Gasteiger partial charge in [0.2, 0.25) is 0 Å². The largest absolute Gasteiger partial charge is 0.299 e. The number of Topliss-reactive ketones (excluding diaryl/α,β-unsaturated/α-hetero) is 2. The van der Waals surface area contributed by atoms with Crippen LogP contribution in [-0.2, 0) is 11.8 Å². The molecule has 0 fully saturated rings. The Balaban J connectivity index is 0.000000380. The zero-order chi connectivity index (χ0) is 33.4. The number of halogens is 3. The Morgan fingerprint density at radius 2 is 1.13 bits per heavy atom. The Labute approximate surface area is 283 Å². The van der Waals surface area contributed by atoms with Crippen LogP contribution in [-0.4, -0.2) is 61.1 Å². The second-order valence-corrected chi connectivity index (χ2v) is 11.7. The second kappa shape index (κ2) is 20.6. The lowest BCUT2D eigenvalue weighted by molar-refractivity contribution is 0.0666. The number of carbonyl (C=O) groups is 2. The quantitative estimate of drug-likeness (QED) is 0.116. The van der Waals surface area contributed by atoms with Crippen LogP contribution in [0, 0.1) is 11.6 Å². The molecule has 0 aliphatic heterocycles. The molecule has 0 radical (unpaired) electrons. The average molecular weight is 696 g/mol. The Kier molecular flexibility index (Phi) is 18.1. The molecule has 7 heteroatoms. The van der Waals surface area contributed by atoms with Crippen molar-refractivity contribution < 1.29 is 18.4 Å². The van der Waals surface area contributed by atoms with Gasteiger partial charge in [-0.3, -0.25) is 19.4 Å². The number of carbonyl (C=O) groups excluding carboxylic acids is 2. The number of rotatable bonds is 11. The molecule has 0 bridgehead atoms. The van der Waals surface area contributed by atoms with Crippen molar-refractivity contribution in [2.24, 2.45) is 0 Å². The van der Waals surface area contributed by atoms with Crippen LogP contribution in [0.1, 0.15) is 66.0 Å². The molecule has 0 aliphatic rings. The molecular weight excluding hydrogens is 646 g/mol. The van der Waals surface area contributed by atoms with E-state index in [0.717, 1.165) is 17.3 Å². The highest BCUT2D eigenvalue weighted by Gasteiger charge is 2.39. The van der Waals surface area contributed by atoms with E-state index in [0.29, 0.717) is 24.0 Å². The summed E-state index contributed by atoms with van der Waals surface area (Å²) in [5.74, 6) is -0.567. The second-order valence-electron chi connectivity index (χ2n) is 11.2. The highest BCUT2D eigenvalue weighted by atomic mass is 79.9. The van der Waals surface area contributed by atoms with Crippen LogP contribution in [0.3, 0.4) is 0 Å². The predicted octanol–water partition coefficient (Wildman–Crippen LogP) is 9.53. The Morgan fingerprint density at radius 3 is 1.48 bits per heavy atom. The summed E-state index contributed by atoms with van der Waals surface area (Å²) < 4.78 is 25.8. The van der Waals surface area contributed by atoms with Crippen molar-refractivity contribution in [3.63, 3.8) is 0 Å². The van der Waals surface area contributed by atoms with Crippen LogP contribution >= 0.6 is 15.9 Å². The Bertz CT molecular complexity index is 1430. The standard InChI is InChI=1S/C19H22FNO.C12H16FNO.C7H7Br.CH4/c1-4-19(21(2)3,14-15-8-6-5-7-9-15)18(22)16-10-12-17(20)13-11-16;1-4-11(14(2)3)12(15)9-5-7-10(13)8-6-9;8-6-7-4-2-1-3-5-7;/h5-13H,4,14H2,1-3H3;5-8,11H,4H2,1-3H3;1-5H,6H2;1H4. The first-order valence-corrected chi connectivity index (χ1v) is 16.2. The lowest BCUT2D eigenvalue weighted by Gasteiger charge is -2.38. The molecule has 4 aromatic carbocycles. The van der Waals surface area contributed by atoms with E-state index >= 15 is 0 Å². The van der Waals surface area contributed by atoms with Crippen molar-refractivity contribution in [2.45, 2.75) is 57.4 Å². The van der Waals surface area contributed by atoms with E-state index in [9.17, 15) is 18.4 Å². The van der Waals surface area contributed by atoms with E-state index in [1.165, 1.54) is 42.0 Å². The maximum absolute atomic E-state index is 13.1. The van der Waals surface area contributed by atoms with Gasteiger partial charge in [0.15, 0.2) is 11.6 Å². The molecule has 248 valence electrons. The molecule has 2 unspecified atom stereocenters. The minimum Gasteiger partial charge on any atom is -0.299 e. The third-order valence-electron chi connectivity index (χ3n) is 7.75. The number of likely N-dealkylation sites (N-methyl/N-ethyl adjacent to an activating group) is 2. The SMILES string of the molecule is BrCc1ccccc1.C.CCC(C(=O)c1ccc(F)cc1)N(C)C.CCC(Cc1ccccc1)(C(=O)c1ccc(F)cc1)N(C)C. The summed E-state index contributed by atoms with van der Waals surface area (Å²) in [6.45, 7) is 3.98. The van der Waals surface area contributed by atoms with E-state index in [4.69, 9.17) is 0 Å². The lowest BCUT2D eigenvalue weighted by Crippen LogP contribution is -2.52. The van der Waals surface area contributed by atoms with E-state index in [-0.39, 0.29) is 36.7 Å². The van der Waals surface area contributed by atoms with Crippen molar-refractivity contribution in [3.05, 3.63) is 143 Å². The fraction of sp³-hybridized carbons (Fsp3) is 0.333. The number of ketones is 2. The molecule has 0 saturated carbocycles. The van der Waals surface area contributed by atoms with Gasteiger partial charge in [0.05, 0.1) is 11.6 Å². The first kappa shape index (κ1) is 40.5. The third kappa shape index (κ3) is 12.0. The van der Waals surface area contributed by atoms with Crippen LogP contribution < -0.4 is 0 Å². The van der Waals surface area contributed by atoms with Gasteiger partial charge in [-0.2, -0.15) is 0 Å². The van der Waals surface area contributed by atoms with E-state index in [1.54, 1.807) is 12.1 Å². The molecule has 4 nitrogen and oxygen atoms in total. The molecule has 4 rings (SSSR count). The van der Waals surface area contributed by atoms with Gasteiger partial charge >= 0.3 is 0 Å². The monoisotopic (exact) mass is 694 g/mol. The summed E-state index contributed by atoms with van der Waals surface area (Å²) >= 11 is 3.36. The summed E-state index contributed by atoms with van der Waals surface area (Å²) in [6, 6.07) is 31.6. The summed E-state index contributed by atoms with van der Waals surface area (Å²) in [4.78, 5) is 28.9. The van der Waals surface area contributed by atoms with Crippen LogP contribution in [0.2, 0.25) is 0 Å². The highest BCUT2D eigenvalue weighted by molar-refractivity contribution is 9.08. The minimum atomic E-state index is -0.626. The first-order valence-electron chi connectivity index (χ1n) is 15.1. The summed E-state index contributed by atoms with van der Waals surface area (Å²) in [5.41, 5.74) is 2.94. The molecule has 0 spiro atoms. The van der Waals surface area contributed by atoms with Crippen molar-refractivity contribution >= 4 is 27.5 Å². The van der Waals surface area contributed by atoms with Gasteiger partial charge in [-0.1, -0.05) is 97.9 Å². The fourth-order valence-electron chi connectivity index (χ4n) is 5.01. The van der Waals surface area contributed by atoms with Crippen LogP contribution in [0.5, 0.6) is 0 Å². The molecule has 0 N–H and O–H groups in total. The van der Waals surface area contributed by atoms with Gasteiger partial charge in [0, 0.05) is 16.5 Å². The molecule has 0 aliphatic carbocycles. The summed E-state index contributed by atoms with van der Waals surface area (Å²) in [5, 5.41) is 0.952. The minimum absolute atomic E-state index is 0. The van der Waals surface area contributed by atoms with E-state index < -0.39 is 5.54 Å². The van der Waals surface area contributed by atoms with Crippen molar-refractivity contribution in [1.29, 1.82) is 0 Å². The van der Waals surface area contributed by atoms with Crippen LogP contribution in [0.15, 0.2) is 109 Å². The molecule has 0 amide bonds. The third-order valence-corrected chi connectivity index (χ3v) is 8.40. The number of hydrogen-bond acceptors (Lipinski definition) is 4. The van der Waals surface area contributed by atoms with Gasteiger partial charge in [-0.15, -0.1) is 0 Å². The zero-order valence-corrected chi connectivity index (χ0v) is 28.7. The summed E-state index contributed by atoms with van der Waals surface area (Å²) in [6.07, 6.45) is 2.07. The molecule has 0 aromatic heterocycles. The van der Waals surface area contributed by atoms with Crippen molar-refractivity contribution in [1.82, 2.24) is 9.80 Å². The van der Waals surface area contributed by atoms with Crippen LogP contribution in [0.4, 0.5) is 8.78 Å². The highest BCUT2D eigenvalue weighted by Crippen LogP contribution is 2.28. The summed E-state index contributed by atoms with van der Waals surface area (Å²) in [7, 11) is 7.59. The first-order chi connectivity index (χ1) is 21.5. The Morgan fingerprint density at radius 1 is 0.696 bits per heavy atom. The normalized spacial score (nSPS) is 12.4. The maximum atomic E-state index is 13.1. The van der Waals surface area contributed by atoms with Crippen molar-refractivity contribution in [3.8, 4) is 0 Å². The molecule has 0 heterocycles. The lowest BCUT2D eigenvalue weighted by atomic mass is 9.80. The van der Waals surface area contributed by atoms with E-state index in [2.05, 4.69) is 28.1 Å². The van der Waals surface area contributed by atoms with Crippen LogP contribution in [0.25, 0.3) is 0 Å². The topological polar surface area (TPSA) is 40.6 Å². The van der Waals surface area contributed by atoms with Gasteiger partial charge in [-0.25, -0.2) is 8.78 Å². The Hall–Kier alpha value is -3.52. The van der Waals surface area contributed by atoms with E-state index in [1.807, 2.05) is 100 Å². The smallest absolute Gasteiger partial charge is 0.183 e. The van der Waals surface area contributed by atoms with Crippen molar-refractivity contribution in [2.75, 3.05) is 28.2 Å². The molecule has 4 aromatic rings. The molecular formula is C39H49BrF2N2O2. The van der Waals surface area contributed by atoms with Gasteiger partial charge < -0.3 is 0 Å².